The third kappa shape index (κ3) is 7.04. The summed E-state index contributed by atoms with van der Waals surface area (Å²) in [5, 5.41) is 21.6. The van der Waals surface area contributed by atoms with Gasteiger partial charge < -0.3 is 10.5 Å². The van der Waals surface area contributed by atoms with Crippen LogP contribution in [0.15, 0.2) is 60.7 Å². The molecule has 2 N–H and O–H groups in total. The highest BCUT2D eigenvalue weighted by Crippen LogP contribution is 2.24. The van der Waals surface area contributed by atoms with E-state index in [1.165, 1.54) is 24.3 Å². The van der Waals surface area contributed by atoms with Gasteiger partial charge in [0.1, 0.15) is 18.0 Å². The standard InChI is InChI=1S/C14H10F2N2O4.C7H6BrNO2/c15-10-4-5-11(13(16)12(10)14(17)19)22-7-8-2-1-3-9(6-8)18(20)21;8-5-6-2-1-3-7(4-6)9(10)11/h1-6H,7H2,(H2,17,19);1-4H,5H2. The van der Waals surface area contributed by atoms with Gasteiger partial charge in [-0.1, -0.05) is 40.2 Å². The molecule has 0 aromatic heterocycles. The molecule has 3 aromatic carbocycles. The third-order valence-corrected chi connectivity index (χ3v) is 4.74. The molecule has 0 aliphatic rings. The first-order valence-electron chi connectivity index (χ1n) is 9.07. The first kappa shape index (κ1) is 25.3. The number of ether oxygens (including phenoxy) is 1. The number of hydrogen-bond donors (Lipinski definition) is 1. The van der Waals surface area contributed by atoms with E-state index in [-0.39, 0.29) is 23.7 Å². The van der Waals surface area contributed by atoms with E-state index in [9.17, 15) is 33.8 Å². The van der Waals surface area contributed by atoms with Crippen molar-refractivity contribution in [3.05, 3.63) is 109 Å². The number of carbonyl (C=O) groups excluding carboxylic acids is 1. The van der Waals surface area contributed by atoms with Crippen molar-refractivity contribution >= 4 is 33.2 Å². The SMILES string of the molecule is NC(=O)c1c(F)ccc(OCc2cccc([N+](=O)[O-])c2)c1F.O=[N+]([O-])c1cccc(CBr)c1. The summed E-state index contributed by atoms with van der Waals surface area (Å²) in [6.45, 7) is -0.192. The molecular formula is C21H16BrF2N3O6. The van der Waals surface area contributed by atoms with Crippen LogP contribution in [0, 0.1) is 31.9 Å². The van der Waals surface area contributed by atoms with Crippen molar-refractivity contribution in [3.8, 4) is 5.75 Å². The molecular weight excluding hydrogens is 508 g/mol. The molecule has 0 aliphatic carbocycles. The third-order valence-electron chi connectivity index (χ3n) is 4.09. The Balaban J connectivity index is 0.000000294. The predicted octanol–water partition coefficient (Wildman–Crippen LogP) is 5.04. The minimum absolute atomic E-state index is 0.140. The monoisotopic (exact) mass is 523 g/mol. The molecule has 3 aromatic rings. The second kappa shape index (κ2) is 11.6. The van der Waals surface area contributed by atoms with E-state index in [0.717, 1.165) is 17.7 Å². The summed E-state index contributed by atoms with van der Waals surface area (Å²) in [5.41, 5.74) is 5.33. The number of nitro benzene ring substituents is 2. The fourth-order valence-corrected chi connectivity index (χ4v) is 2.89. The number of primary amides is 1. The quantitative estimate of drug-likeness (QED) is 0.261. The fraction of sp³-hybridized carbons (Fsp3) is 0.0952. The van der Waals surface area contributed by atoms with Gasteiger partial charge in [0.2, 0.25) is 0 Å². The van der Waals surface area contributed by atoms with Crippen LogP contribution in [0.5, 0.6) is 5.75 Å². The Labute approximate surface area is 194 Å². The highest BCUT2D eigenvalue weighted by atomic mass is 79.9. The van der Waals surface area contributed by atoms with Gasteiger partial charge in [0, 0.05) is 29.6 Å². The Morgan fingerprint density at radius 2 is 1.48 bits per heavy atom. The van der Waals surface area contributed by atoms with E-state index in [4.69, 9.17) is 10.5 Å². The zero-order chi connectivity index (χ0) is 24.5. The lowest BCUT2D eigenvalue weighted by Crippen LogP contribution is -2.16. The number of amides is 1. The van der Waals surface area contributed by atoms with Crippen LogP contribution in [-0.4, -0.2) is 15.8 Å². The van der Waals surface area contributed by atoms with Crippen molar-refractivity contribution in [1.29, 1.82) is 0 Å². The number of alkyl halides is 1. The van der Waals surface area contributed by atoms with Gasteiger partial charge in [-0.3, -0.25) is 25.0 Å². The molecule has 12 heteroatoms. The van der Waals surface area contributed by atoms with Gasteiger partial charge in [0.15, 0.2) is 11.6 Å². The van der Waals surface area contributed by atoms with Crippen LogP contribution in [0.1, 0.15) is 21.5 Å². The van der Waals surface area contributed by atoms with Crippen LogP contribution < -0.4 is 10.5 Å². The molecule has 1 amide bonds. The summed E-state index contributed by atoms with van der Waals surface area (Å²) in [6.07, 6.45) is 0. The van der Waals surface area contributed by atoms with Crippen molar-refractivity contribution in [1.82, 2.24) is 0 Å². The van der Waals surface area contributed by atoms with Gasteiger partial charge >= 0.3 is 0 Å². The van der Waals surface area contributed by atoms with Crippen molar-refractivity contribution in [2.45, 2.75) is 11.9 Å². The molecule has 0 fully saturated rings. The number of carbonyl (C=O) groups is 1. The topological polar surface area (TPSA) is 139 Å². The molecule has 0 saturated carbocycles. The maximum atomic E-state index is 13.9. The molecule has 0 heterocycles. The molecule has 0 spiro atoms. The first-order chi connectivity index (χ1) is 15.6. The normalized spacial score (nSPS) is 10.0. The Bertz CT molecular complexity index is 1190. The average Bonchev–Trinajstić information content (AvgIpc) is 2.79. The number of rotatable bonds is 7. The lowest BCUT2D eigenvalue weighted by atomic mass is 10.1. The Morgan fingerprint density at radius 3 is 2.00 bits per heavy atom. The molecule has 0 unspecified atom stereocenters. The zero-order valence-electron chi connectivity index (χ0n) is 16.7. The number of halogens is 3. The number of benzene rings is 3. The van der Waals surface area contributed by atoms with E-state index in [1.807, 2.05) is 6.07 Å². The number of nitrogens with zero attached hydrogens (tertiary/aromatic N) is 2. The van der Waals surface area contributed by atoms with Crippen molar-refractivity contribution < 1.29 is 28.2 Å². The lowest BCUT2D eigenvalue weighted by molar-refractivity contribution is -0.385. The highest BCUT2D eigenvalue weighted by molar-refractivity contribution is 9.08. The van der Waals surface area contributed by atoms with Crippen LogP contribution in [0.4, 0.5) is 20.2 Å². The average molecular weight is 524 g/mol. The van der Waals surface area contributed by atoms with E-state index in [0.29, 0.717) is 10.9 Å². The summed E-state index contributed by atoms with van der Waals surface area (Å²) < 4.78 is 32.4. The van der Waals surface area contributed by atoms with Gasteiger partial charge in [-0.2, -0.15) is 0 Å². The summed E-state index contributed by atoms with van der Waals surface area (Å²) in [4.78, 5) is 30.9. The summed E-state index contributed by atoms with van der Waals surface area (Å²) in [5.74, 6) is -3.93. The maximum absolute atomic E-state index is 13.9. The van der Waals surface area contributed by atoms with E-state index in [2.05, 4.69) is 15.9 Å². The summed E-state index contributed by atoms with van der Waals surface area (Å²) >= 11 is 3.22. The van der Waals surface area contributed by atoms with Crippen LogP contribution in [0.2, 0.25) is 0 Å². The summed E-state index contributed by atoms with van der Waals surface area (Å²) in [7, 11) is 0. The molecule has 172 valence electrons. The highest BCUT2D eigenvalue weighted by Gasteiger charge is 2.19. The molecule has 0 atom stereocenters. The number of hydrogen-bond acceptors (Lipinski definition) is 6. The molecule has 3 rings (SSSR count). The molecule has 9 nitrogen and oxygen atoms in total. The van der Waals surface area contributed by atoms with Gasteiger partial charge in [0.25, 0.3) is 17.3 Å². The number of nitrogens with two attached hydrogens (primary N) is 1. The smallest absolute Gasteiger partial charge is 0.269 e. The van der Waals surface area contributed by atoms with E-state index in [1.54, 1.807) is 18.2 Å². The van der Waals surface area contributed by atoms with E-state index < -0.39 is 33.0 Å². The Morgan fingerprint density at radius 1 is 0.939 bits per heavy atom. The van der Waals surface area contributed by atoms with Crippen LogP contribution in [0.3, 0.4) is 0 Å². The second-order valence-corrected chi connectivity index (χ2v) is 6.94. The lowest BCUT2D eigenvalue weighted by Gasteiger charge is -2.09. The fourth-order valence-electron chi connectivity index (χ4n) is 2.54. The Hall–Kier alpha value is -3.93. The van der Waals surface area contributed by atoms with Gasteiger partial charge in [-0.05, 0) is 23.3 Å². The Kier molecular flexibility index (Phi) is 8.92. The van der Waals surface area contributed by atoms with Gasteiger partial charge in [0.05, 0.1) is 9.85 Å². The summed E-state index contributed by atoms with van der Waals surface area (Å²) in [6, 6.07) is 14.0. The maximum Gasteiger partial charge on any atom is 0.269 e. The zero-order valence-corrected chi connectivity index (χ0v) is 18.3. The van der Waals surface area contributed by atoms with Crippen LogP contribution in [0.25, 0.3) is 0 Å². The van der Waals surface area contributed by atoms with Crippen molar-refractivity contribution in [3.63, 3.8) is 0 Å². The van der Waals surface area contributed by atoms with Crippen LogP contribution in [-0.2, 0) is 11.9 Å². The largest absolute Gasteiger partial charge is 0.486 e. The number of nitro groups is 2. The predicted molar refractivity (Wildman–Crippen MR) is 118 cm³/mol. The molecule has 0 radical (unpaired) electrons. The molecule has 0 bridgehead atoms. The minimum atomic E-state index is -1.25. The number of non-ortho nitro benzene ring substituents is 2. The van der Waals surface area contributed by atoms with Crippen LogP contribution >= 0.6 is 15.9 Å². The minimum Gasteiger partial charge on any atom is -0.486 e. The van der Waals surface area contributed by atoms with E-state index >= 15 is 0 Å². The van der Waals surface area contributed by atoms with Gasteiger partial charge in [-0.25, -0.2) is 8.78 Å². The molecule has 0 saturated heterocycles. The van der Waals surface area contributed by atoms with Crippen molar-refractivity contribution in [2.75, 3.05) is 0 Å². The van der Waals surface area contributed by atoms with Gasteiger partial charge in [-0.15, -0.1) is 0 Å². The van der Waals surface area contributed by atoms with Crippen molar-refractivity contribution in [2.24, 2.45) is 5.73 Å². The second-order valence-electron chi connectivity index (χ2n) is 6.38. The molecule has 0 aliphatic heterocycles. The first-order valence-corrected chi connectivity index (χ1v) is 10.2. The molecule has 33 heavy (non-hydrogen) atoms.